The standard InChI is InChI=1S/C30H26ClN3O2/c1-36-28-17-16-23(19-26(28)31)29-25(30(35)32-18-8-11-21-9-3-2-4-10-21)20-33-34(29)27-15-7-13-22-12-5-6-14-24(22)27/h2-7,9-10,12-17,19-20H,8,11,18H2,1H3,(H,32,35). The smallest absolute Gasteiger partial charge is 0.255 e. The van der Waals surface area contributed by atoms with Gasteiger partial charge in [-0.1, -0.05) is 78.3 Å². The minimum absolute atomic E-state index is 0.170. The quantitative estimate of drug-likeness (QED) is 0.243. The van der Waals surface area contributed by atoms with E-state index in [1.165, 1.54) is 5.56 Å². The van der Waals surface area contributed by atoms with Crippen LogP contribution in [0.25, 0.3) is 27.7 Å². The van der Waals surface area contributed by atoms with Crippen molar-refractivity contribution in [3.63, 3.8) is 0 Å². The van der Waals surface area contributed by atoms with Crippen LogP contribution in [0.5, 0.6) is 5.75 Å². The topological polar surface area (TPSA) is 56.1 Å². The Morgan fingerprint density at radius 3 is 2.56 bits per heavy atom. The molecule has 1 aromatic heterocycles. The molecule has 1 amide bonds. The van der Waals surface area contributed by atoms with Crippen LogP contribution in [-0.4, -0.2) is 29.3 Å². The molecule has 0 atom stereocenters. The molecule has 0 aliphatic carbocycles. The van der Waals surface area contributed by atoms with Crippen LogP contribution in [0.2, 0.25) is 5.02 Å². The van der Waals surface area contributed by atoms with Gasteiger partial charge < -0.3 is 10.1 Å². The Morgan fingerprint density at radius 1 is 0.972 bits per heavy atom. The van der Waals surface area contributed by atoms with Crippen molar-refractivity contribution in [3.05, 3.63) is 113 Å². The number of nitrogens with one attached hydrogen (secondary N) is 1. The van der Waals surface area contributed by atoms with E-state index in [4.69, 9.17) is 16.3 Å². The van der Waals surface area contributed by atoms with Crippen LogP contribution in [0, 0.1) is 0 Å². The monoisotopic (exact) mass is 495 g/mol. The number of fused-ring (bicyclic) bond motifs is 1. The Hall–Kier alpha value is -4.09. The lowest BCUT2D eigenvalue weighted by atomic mass is 10.0. The molecule has 5 aromatic rings. The highest BCUT2D eigenvalue weighted by Crippen LogP contribution is 2.34. The molecular weight excluding hydrogens is 470 g/mol. The van der Waals surface area contributed by atoms with Crippen LogP contribution in [0.15, 0.2) is 97.2 Å². The lowest BCUT2D eigenvalue weighted by molar-refractivity contribution is 0.0954. The van der Waals surface area contributed by atoms with Gasteiger partial charge in [0.1, 0.15) is 5.75 Å². The van der Waals surface area contributed by atoms with Crippen LogP contribution in [0.4, 0.5) is 0 Å². The maximum Gasteiger partial charge on any atom is 0.255 e. The highest BCUT2D eigenvalue weighted by atomic mass is 35.5. The third-order valence-corrected chi connectivity index (χ3v) is 6.50. The molecular formula is C30H26ClN3O2. The summed E-state index contributed by atoms with van der Waals surface area (Å²) in [6, 6.07) is 30.0. The minimum atomic E-state index is -0.170. The van der Waals surface area contributed by atoms with E-state index in [9.17, 15) is 4.79 Å². The van der Waals surface area contributed by atoms with Gasteiger partial charge in [-0.2, -0.15) is 5.10 Å². The van der Waals surface area contributed by atoms with E-state index < -0.39 is 0 Å². The normalized spacial score (nSPS) is 10.9. The molecule has 1 heterocycles. The first-order valence-electron chi connectivity index (χ1n) is 11.9. The van der Waals surface area contributed by atoms with Gasteiger partial charge in [0.05, 0.1) is 35.3 Å². The van der Waals surface area contributed by atoms with Crippen molar-refractivity contribution in [1.82, 2.24) is 15.1 Å². The fourth-order valence-corrected chi connectivity index (χ4v) is 4.67. The molecule has 6 heteroatoms. The summed E-state index contributed by atoms with van der Waals surface area (Å²) >= 11 is 6.48. The zero-order chi connectivity index (χ0) is 24.9. The molecule has 0 aliphatic rings. The minimum Gasteiger partial charge on any atom is -0.495 e. The Balaban J connectivity index is 1.50. The number of benzene rings is 4. The van der Waals surface area contributed by atoms with Gasteiger partial charge in [-0.3, -0.25) is 4.79 Å². The second-order valence-corrected chi connectivity index (χ2v) is 8.92. The maximum absolute atomic E-state index is 13.3. The van der Waals surface area contributed by atoms with Crippen LogP contribution in [0.3, 0.4) is 0 Å². The summed E-state index contributed by atoms with van der Waals surface area (Å²) in [7, 11) is 1.58. The first-order chi connectivity index (χ1) is 17.7. The summed E-state index contributed by atoms with van der Waals surface area (Å²) in [6.45, 7) is 0.565. The molecule has 36 heavy (non-hydrogen) atoms. The van der Waals surface area contributed by atoms with Crippen molar-refractivity contribution in [2.45, 2.75) is 12.8 Å². The molecule has 0 saturated heterocycles. The molecule has 180 valence electrons. The number of carbonyl (C=O) groups is 1. The van der Waals surface area contributed by atoms with E-state index in [0.29, 0.717) is 28.6 Å². The summed E-state index contributed by atoms with van der Waals surface area (Å²) in [5.74, 6) is 0.403. The third-order valence-electron chi connectivity index (χ3n) is 6.20. The average molecular weight is 496 g/mol. The van der Waals surface area contributed by atoms with Crippen molar-refractivity contribution in [3.8, 4) is 22.7 Å². The van der Waals surface area contributed by atoms with Crippen molar-refractivity contribution >= 4 is 28.3 Å². The lowest BCUT2D eigenvalue weighted by Crippen LogP contribution is -2.25. The lowest BCUT2D eigenvalue weighted by Gasteiger charge is -2.14. The van der Waals surface area contributed by atoms with E-state index in [0.717, 1.165) is 34.9 Å². The largest absolute Gasteiger partial charge is 0.495 e. The van der Waals surface area contributed by atoms with E-state index in [-0.39, 0.29) is 5.91 Å². The first-order valence-corrected chi connectivity index (χ1v) is 12.3. The van der Waals surface area contributed by atoms with E-state index in [1.54, 1.807) is 19.4 Å². The van der Waals surface area contributed by atoms with Gasteiger partial charge in [0.2, 0.25) is 0 Å². The molecule has 0 spiro atoms. The Labute approximate surface area is 215 Å². The predicted octanol–water partition coefficient (Wildman–Crippen LogP) is 6.72. The third kappa shape index (κ3) is 4.83. The van der Waals surface area contributed by atoms with Gasteiger partial charge in [-0.25, -0.2) is 4.68 Å². The van der Waals surface area contributed by atoms with Crippen LogP contribution in [0.1, 0.15) is 22.3 Å². The number of aromatic nitrogens is 2. The molecule has 5 nitrogen and oxygen atoms in total. The Bertz CT molecular complexity index is 1510. The molecule has 0 unspecified atom stereocenters. The fraction of sp³-hybridized carbons (Fsp3) is 0.133. The number of rotatable bonds is 8. The molecule has 0 aliphatic heterocycles. The second-order valence-electron chi connectivity index (χ2n) is 8.51. The zero-order valence-electron chi connectivity index (χ0n) is 19.9. The highest BCUT2D eigenvalue weighted by molar-refractivity contribution is 6.32. The number of aryl methyl sites for hydroxylation is 1. The summed E-state index contributed by atoms with van der Waals surface area (Å²) in [5, 5.41) is 10.3. The molecule has 1 N–H and O–H groups in total. The van der Waals surface area contributed by atoms with E-state index >= 15 is 0 Å². The van der Waals surface area contributed by atoms with Crippen molar-refractivity contribution in [2.24, 2.45) is 0 Å². The van der Waals surface area contributed by atoms with Gasteiger partial charge in [-0.05, 0) is 48.1 Å². The van der Waals surface area contributed by atoms with Crippen LogP contribution >= 0.6 is 11.6 Å². The van der Waals surface area contributed by atoms with Gasteiger partial charge in [0.15, 0.2) is 0 Å². The number of hydrogen-bond donors (Lipinski definition) is 1. The fourth-order valence-electron chi connectivity index (χ4n) is 4.42. The molecule has 5 rings (SSSR count). The summed E-state index contributed by atoms with van der Waals surface area (Å²) in [5.41, 5.74) is 4.09. The van der Waals surface area contributed by atoms with E-state index in [1.807, 2.05) is 59.3 Å². The first kappa shape index (κ1) is 23.6. The molecule has 4 aromatic carbocycles. The Morgan fingerprint density at radius 2 is 1.75 bits per heavy atom. The number of methoxy groups -OCH3 is 1. The van der Waals surface area contributed by atoms with Gasteiger partial charge in [0, 0.05) is 17.5 Å². The predicted molar refractivity (Wildman–Crippen MR) is 145 cm³/mol. The molecule has 0 radical (unpaired) electrons. The van der Waals surface area contributed by atoms with Crippen LogP contribution in [-0.2, 0) is 6.42 Å². The van der Waals surface area contributed by atoms with Crippen molar-refractivity contribution in [1.29, 1.82) is 0 Å². The van der Waals surface area contributed by atoms with Gasteiger partial charge in [0.25, 0.3) is 5.91 Å². The van der Waals surface area contributed by atoms with E-state index in [2.05, 4.69) is 40.7 Å². The summed E-state index contributed by atoms with van der Waals surface area (Å²) in [6.07, 6.45) is 3.37. The highest BCUT2D eigenvalue weighted by Gasteiger charge is 2.21. The second kappa shape index (κ2) is 10.7. The Kier molecular flexibility index (Phi) is 7.01. The number of hydrogen-bond acceptors (Lipinski definition) is 3. The van der Waals surface area contributed by atoms with Crippen molar-refractivity contribution in [2.75, 3.05) is 13.7 Å². The van der Waals surface area contributed by atoms with Gasteiger partial charge >= 0.3 is 0 Å². The number of amides is 1. The number of halogens is 1. The zero-order valence-corrected chi connectivity index (χ0v) is 20.7. The number of carbonyl (C=O) groups excluding carboxylic acids is 1. The maximum atomic E-state index is 13.3. The van der Waals surface area contributed by atoms with Crippen molar-refractivity contribution < 1.29 is 9.53 Å². The SMILES string of the molecule is COc1ccc(-c2c(C(=O)NCCCc3ccccc3)cnn2-c2cccc3ccccc23)cc1Cl. The average Bonchev–Trinajstić information content (AvgIpc) is 3.36. The number of nitrogens with zero attached hydrogens (tertiary/aromatic N) is 2. The molecule has 0 saturated carbocycles. The van der Waals surface area contributed by atoms with Crippen LogP contribution < -0.4 is 10.1 Å². The molecule has 0 fully saturated rings. The summed E-state index contributed by atoms with van der Waals surface area (Å²) in [4.78, 5) is 13.3. The molecule has 0 bridgehead atoms. The van der Waals surface area contributed by atoms with Gasteiger partial charge in [-0.15, -0.1) is 0 Å². The summed E-state index contributed by atoms with van der Waals surface area (Å²) < 4.78 is 7.15. The number of ether oxygens (including phenoxy) is 1.